The Labute approximate surface area is 128 Å². The molecule has 0 unspecified atom stereocenters. The van der Waals surface area contributed by atoms with Gasteiger partial charge in [-0.15, -0.1) is 0 Å². The lowest BCUT2D eigenvalue weighted by Gasteiger charge is -2.28. The van der Waals surface area contributed by atoms with Gasteiger partial charge in [0.05, 0.1) is 4.92 Å². The van der Waals surface area contributed by atoms with Crippen molar-refractivity contribution in [2.75, 3.05) is 6.54 Å². The second-order valence-corrected chi connectivity index (χ2v) is 5.14. The van der Waals surface area contributed by atoms with Crippen molar-refractivity contribution < 1.29 is 27.7 Å². The number of carbonyl (C=O) groups is 2. The molecule has 0 radical (unpaired) electrons. The van der Waals surface area contributed by atoms with Crippen LogP contribution in [0, 0.1) is 10.1 Å². The molecule has 2 amide bonds. The first-order valence-corrected chi connectivity index (χ1v) is 6.55. The molecule has 2 rings (SSSR count). The van der Waals surface area contributed by atoms with Gasteiger partial charge >= 0.3 is 12.1 Å². The molecule has 1 heterocycles. The topological polar surface area (TPSA) is 101 Å². The number of amides is 2. The first-order valence-electron chi connectivity index (χ1n) is 6.55. The lowest BCUT2D eigenvalue weighted by Crippen LogP contribution is -2.58. The number of benzene rings is 1. The van der Waals surface area contributed by atoms with Gasteiger partial charge in [0.25, 0.3) is 5.69 Å². The van der Waals surface area contributed by atoms with Crippen LogP contribution >= 0.6 is 0 Å². The van der Waals surface area contributed by atoms with Crippen LogP contribution in [0.1, 0.15) is 12.0 Å². The monoisotopic (exact) mass is 331 g/mol. The maximum atomic E-state index is 12.5. The second-order valence-electron chi connectivity index (χ2n) is 5.14. The van der Waals surface area contributed by atoms with Gasteiger partial charge in [-0.3, -0.25) is 19.7 Å². The van der Waals surface area contributed by atoms with Crippen LogP contribution in [0.25, 0.3) is 0 Å². The molecule has 1 aromatic carbocycles. The summed E-state index contributed by atoms with van der Waals surface area (Å²) in [5.41, 5.74) is -1.50. The van der Waals surface area contributed by atoms with Gasteiger partial charge in [-0.05, 0) is 12.0 Å². The van der Waals surface area contributed by atoms with E-state index in [1.807, 2.05) is 0 Å². The van der Waals surface area contributed by atoms with Gasteiger partial charge in [0.2, 0.25) is 5.91 Å². The van der Waals surface area contributed by atoms with Crippen LogP contribution < -0.4 is 10.6 Å². The number of carbonyl (C=O) groups excluding carboxylic acids is 2. The predicted octanol–water partition coefficient (Wildman–Crippen LogP) is 1.07. The summed E-state index contributed by atoms with van der Waals surface area (Å²) in [4.78, 5) is 33.1. The molecule has 1 saturated heterocycles. The molecule has 1 fully saturated rings. The smallest absolute Gasteiger partial charge is 0.354 e. The molecule has 1 aromatic rings. The summed E-state index contributed by atoms with van der Waals surface area (Å²) in [7, 11) is 0. The Morgan fingerprint density at radius 3 is 2.39 bits per heavy atom. The molecule has 0 spiro atoms. The molecule has 124 valence electrons. The average molecular weight is 331 g/mol. The minimum atomic E-state index is -5.11. The van der Waals surface area contributed by atoms with Gasteiger partial charge < -0.3 is 10.6 Å². The number of nitro groups is 1. The van der Waals surface area contributed by atoms with Crippen molar-refractivity contribution in [1.82, 2.24) is 10.6 Å². The van der Waals surface area contributed by atoms with Crippen molar-refractivity contribution in [2.24, 2.45) is 0 Å². The molecule has 1 atom stereocenters. The number of non-ortho nitro benzene ring substituents is 1. The van der Waals surface area contributed by atoms with Crippen molar-refractivity contribution in [3.05, 3.63) is 39.9 Å². The van der Waals surface area contributed by atoms with Crippen LogP contribution in [0.3, 0.4) is 0 Å². The maximum absolute atomic E-state index is 12.5. The fourth-order valence-corrected chi connectivity index (χ4v) is 2.38. The highest BCUT2D eigenvalue weighted by molar-refractivity contribution is 5.94. The van der Waals surface area contributed by atoms with E-state index in [-0.39, 0.29) is 25.1 Å². The number of rotatable bonds is 4. The molecule has 7 nitrogen and oxygen atoms in total. The zero-order chi connectivity index (χ0) is 17.3. The highest BCUT2D eigenvalue weighted by atomic mass is 19.4. The van der Waals surface area contributed by atoms with E-state index in [0.29, 0.717) is 5.56 Å². The summed E-state index contributed by atoms with van der Waals surface area (Å²) in [6.07, 6.45) is -5.31. The van der Waals surface area contributed by atoms with Gasteiger partial charge in [-0.2, -0.15) is 13.2 Å². The third-order valence-electron chi connectivity index (χ3n) is 3.54. The Balaban J connectivity index is 2.24. The van der Waals surface area contributed by atoms with Gasteiger partial charge in [0.1, 0.15) is 5.54 Å². The fraction of sp³-hybridized carbons (Fsp3) is 0.385. The normalized spacial score (nSPS) is 20.9. The van der Waals surface area contributed by atoms with Crippen LogP contribution in [0.2, 0.25) is 0 Å². The number of nitrogens with one attached hydrogen (secondary N) is 2. The number of alkyl halides is 3. The highest BCUT2D eigenvalue weighted by Crippen LogP contribution is 2.26. The Morgan fingerprint density at radius 1 is 1.35 bits per heavy atom. The fourth-order valence-electron chi connectivity index (χ4n) is 2.38. The Morgan fingerprint density at radius 2 is 1.96 bits per heavy atom. The number of hydrogen-bond donors (Lipinski definition) is 2. The molecular weight excluding hydrogens is 319 g/mol. The van der Waals surface area contributed by atoms with Crippen molar-refractivity contribution in [3.8, 4) is 0 Å². The number of halogens is 3. The average Bonchev–Trinajstić information content (AvgIpc) is 2.79. The third kappa shape index (κ3) is 3.58. The quantitative estimate of drug-likeness (QED) is 0.636. The molecular formula is C13H12F3N3O4. The molecule has 23 heavy (non-hydrogen) atoms. The first-order chi connectivity index (χ1) is 10.6. The zero-order valence-corrected chi connectivity index (χ0v) is 11.6. The molecule has 0 bridgehead atoms. The summed E-state index contributed by atoms with van der Waals surface area (Å²) < 4.78 is 37.4. The van der Waals surface area contributed by atoms with E-state index >= 15 is 0 Å². The van der Waals surface area contributed by atoms with E-state index in [0.717, 1.165) is 0 Å². The van der Waals surface area contributed by atoms with E-state index in [4.69, 9.17) is 0 Å². The maximum Gasteiger partial charge on any atom is 0.471 e. The summed E-state index contributed by atoms with van der Waals surface area (Å²) in [6, 6.07) is 5.04. The lowest BCUT2D eigenvalue weighted by atomic mass is 9.89. The van der Waals surface area contributed by atoms with Crippen LogP contribution in [0.15, 0.2) is 24.3 Å². The van der Waals surface area contributed by atoms with E-state index in [2.05, 4.69) is 5.32 Å². The number of hydrogen-bond acceptors (Lipinski definition) is 4. The predicted molar refractivity (Wildman–Crippen MR) is 71.4 cm³/mol. The molecule has 1 aliphatic heterocycles. The minimum absolute atomic E-state index is 0.00928. The Kier molecular flexibility index (Phi) is 4.26. The van der Waals surface area contributed by atoms with Crippen molar-refractivity contribution in [1.29, 1.82) is 0 Å². The van der Waals surface area contributed by atoms with Gasteiger partial charge in [0, 0.05) is 25.1 Å². The van der Waals surface area contributed by atoms with Crippen LogP contribution in [-0.4, -0.2) is 35.0 Å². The summed E-state index contributed by atoms with van der Waals surface area (Å²) in [5.74, 6) is -2.91. The molecule has 0 aromatic heterocycles. The minimum Gasteiger partial charge on any atom is -0.354 e. The van der Waals surface area contributed by atoms with Crippen LogP contribution in [-0.2, 0) is 16.0 Å². The molecule has 10 heteroatoms. The van der Waals surface area contributed by atoms with E-state index in [1.165, 1.54) is 24.3 Å². The third-order valence-corrected chi connectivity index (χ3v) is 3.54. The van der Waals surface area contributed by atoms with E-state index < -0.39 is 28.5 Å². The standard InChI is InChI=1S/C13H12F3N3O4/c14-13(15,16)11(21)18-12(5-6-17-10(12)20)7-8-1-3-9(4-2-8)19(22)23/h1-4H,5-7H2,(H,17,20)(H,18,21)/t12-/m1/s1. The summed E-state index contributed by atoms with van der Waals surface area (Å²) in [6.45, 7) is 0.129. The number of nitrogens with zero attached hydrogens (tertiary/aromatic N) is 1. The van der Waals surface area contributed by atoms with Crippen molar-refractivity contribution in [3.63, 3.8) is 0 Å². The van der Waals surface area contributed by atoms with Crippen LogP contribution in [0.4, 0.5) is 18.9 Å². The molecule has 1 aliphatic rings. The van der Waals surface area contributed by atoms with Crippen molar-refractivity contribution in [2.45, 2.75) is 24.6 Å². The van der Waals surface area contributed by atoms with E-state index in [1.54, 1.807) is 5.32 Å². The molecule has 0 aliphatic carbocycles. The van der Waals surface area contributed by atoms with Crippen molar-refractivity contribution >= 4 is 17.5 Å². The van der Waals surface area contributed by atoms with Gasteiger partial charge in [-0.25, -0.2) is 0 Å². The van der Waals surface area contributed by atoms with E-state index in [9.17, 15) is 32.9 Å². The SMILES string of the molecule is O=C(N[C@@]1(Cc2ccc([N+](=O)[O-])cc2)CCNC1=O)C(F)(F)F. The first kappa shape index (κ1) is 16.7. The zero-order valence-electron chi connectivity index (χ0n) is 11.6. The molecule has 2 N–H and O–H groups in total. The van der Waals surface area contributed by atoms with Gasteiger partial charge in [0.15, 0.2) is 0 Å². The number of nitro benzene ring substituents is 1. The Bertz CT molecular complexity index is 645. The second kappa shape index (κ2) is 5.86. The summed E-state index contributed by atoms with van der Waals surface area (Å²) >= 11 is 0. The summed E-state index contributed by atoms with van der Waals surface area (Å²) in [5, 5.41) is 14.7. The lowest BCUT2D eigenvalue weighted by molar-refractivity contribution is -0.384. The Hall–Kier alpha value is -2.65. The highest BCUT2D eigenvalue weighted by Gasteiger charge is 2.49. The largest absolute Gasteiger partial charge is 0.471 e. The van der Waals surface area contributed by atoms with Gasteiger partial charge in [-0.1, -0.05) is 12.1 Å². The molecule has 0 saturated carbocycles. The van der Waals surface area contributed by atoms with Crippen LogP contribution in [0.5, 0.6) is 0 Å².